The topological polar surface area (TPSA) is 26.0 Å². The highest BCUT2D eigenvalue weighted by atomic mass is 35.5. The van der Waals surface area contributed by atoms with Crippen molar-refractivity contribution >= 4 is 23.2 Å². The van der Waals surface area contributed by atoms with Crippen molar-refractivity contribution in [3.8, 4) is 0 Å². The van der Waals surface area contributed by atoms with E-state index in [1.54, 1.807) is 0 Å². The summed E-state index contributed by atoms with van der Waals surface area (Å²) in [6.45, 7) is 2.13. The number of rotatable bonds is 3. The van der Waals surface area contributed by atoms with Crippen LogP contribution in [-0.4, -0.2) is 6.04 Å². The molecule has 2 N–H and O–H groups in total. The third kappa shape index (κ3) is 2.75. The highest BCUT2D eigenvalue weighted by molar-refractivity contribution is 5.86. The van der Waals surface area contributed by atoms with Crippen LogP contribution in [0.2, 0.25) is 0 Å². The van der Waals surface area contributed by atoms with E-state index in [-0.39, 0.29) is 18.4 Å². The van der Waals surface area contributed by atoms with E-state index in [9.17, 15) is 0 Å². The predicted molar refractivity (Wildman–Crippen MR) is 73.2 cm³/mol. The van der Waals surface area contributed by atoms with Gasteiger partial charge in [-0.15, -0.1) is 12.4 Å². The number of nitrogens with two attached hydrogens (primary N) is 1. The van der Waals surface area contributed by atoms with Gasteiger partial charge in [-0.25, -0.2) is 0 Å². The van der Waals surface area contributed by atoms with Gasteiger partial charge in [-0.05, 0) is 29.2 Å². The van der Waals surface area contributed by atoms with Crippen LogP contribution in [0.1, 0.15) is 18.9 Å². The molecule has 1 nitrogen and oxygen atoms in total. The van der Waals surface area contributed by atoms with Crippen LogP contribution >= 0.6 is 12.4 Å². The molecule has 0 fully saturated rings. The lowest BCUT2D eigenvalue weighted by molar-refractivity contribution is 0.649. The van der Waals surface area contributed by atoms with Gasteiger partial charge in [-0.2, -0.15) is 0 Å². The van der Waals surface area contributed by atoms with Crippen LogP contribution in [0.5, 0.6) is 0 Å². The third-order valence-electron chi connectivity index (χ3n) is 2.89. The Morgan fingerprint density at radius 3 is 2.50 bits per heavy atom. The highest BCUT2D eigenvalue weighted by Crippen LogP contribution is 2.19. The van der Waals surface area contributed by atoms with Gasteiger partial charge in [0.15, 0.2) is 0 Å². The molecule has 2 aromatic carbocycles. The molecule has 2 rings (SSSR count). The van der Waals surface area contributed by atoms with Crippen molar-refractivity contribution in [2.45, 2.75) is 25.8 Å². The number of hydrogen-bond donors (Lipinski definition) is 1. The minimum absolute atomic E-state index is 0. The molecule has 2 heteroatoms. The summed E-state index contributed by atoms with van der Waals surface area (Å²) in [5.41, 5.74) is 7.36. The van der Waals surface area contributed by atoms with E-state index in [2.05, 4.69) is 49.4 Å². The Morgan fingerprint density at radius 2 is 1.75 bits per heavy atom. The standard InChI is InChI=1S/C14H17N.ClH/c1-2-13(15)10-12-8-5-7-11-6-3-4-9-14(11)12;/h3-9,13H,2,10,15H2,1H3;1H. The maximum absolute atomic E-state index is 6.00. The third-order valence-corrected chi connectivity index (χ3v) is 2.89. The van der Waals surface area contributed by atoms with Crippen LogP contribution in [0, 0.1) is 0 Å². The van der Waals surface area contributed by atoms with Crippen LogP contribution in [-0.2, 0) is 6.42 Å². The van der Waals surface area contributed by atoms with E-state index in [4.69, 9.17) is 5.73 Å². The first kappa shape index (κ1) is 13.0. The quantitative estimate of drug-likeness (QED) is 0.865. The van der Waals surface area contributed by atoms with E-state index < -0.39 is 0 Å². The molecule has 1 atom stereocenters. The van der Waals surface area contributed by atoms with E-state index in [0.717, 1.165) is 12.8 Å². The van der Waals surface area contributed by atoms with Gasteiger partial charge in [-0.3, -0.25) is 0 Å². The minimum atomic E-state index is 0. The number of hydrogen-bond acceptors (Lipinski definition) is 1. The Kier molecular flexibility index (Phi) is 4.78. The van der Waals surface area contributed by atoms with Crippen LogP contribution in [0.4, 0.5) is 0 Å². The van der Waals surface area contributed by atoms with Crippen molar-refractivity contribution in [3.05, 3.63) is 48.0 Å². The van der Waals surface area contributed by atoms with Crippen molar-refractivity contribution in [2.24, 2.45) is 5.73 Å². The van der Waals surface area contributed by atoms with Crippen molar-refractivity contribution in [3.63, 3.8) is 0 Å². The van der Waals surface area contributed by atoms with Gasteiger partial charge < -0.3 is 5.73 Å². The molecule has 0 spiro atoms. The van der Waals surface area contributed by atoms with Crippen molar-refractivity contribution in [2.75, 3.05) is 0 Å². The maximum Gasteiger partial charge on any atom is 0.00769 e. The second-order valence-corrected chi connectivity index (χ2v) is 4.01. The molecule has 0 amide bonds. The summed E-state index contributed by atoms with van der Waals surface area (Å²) < 4.78 is 0. The first-order valence-corrected chi connectivity index (χ1v) is 5.53. The Morgan fingerprint density at radius 1 is 1.06 bits per heavy atom. The monoisotopic (exact) mass is 235 g/mol. The summed E-state index contributed by atoms with van der Waals surface area (Å²) in [5.74, 6) is 0. The summed E-state index contributed by atoms with van der Waals surface area (Å²) in [6.07, 6.45) is 2.00. The molecular formula is C14H18ClN. The van der Waals surface area contributed by atoms with Crippen LogP contribution in [0.3, 0.4) is 0 Å². The smallest absolute Gasteiger partial charge is 0.00769 e. The zero-order valence-electron chi connectivity index (χ0n) is 9.52. The van der Waals surface area contributed by atoms with Crippen LogP contribution < -0.4 is 5.73 Å². The number of fused-ring (bicyclic) bond motifs is 1. The fraction of sp³-hybridized carbons (Fsp3) is 0.286. The van der Waals surface area contributed by atoms with Crippen LogP contribution in [0.15, 0.2) is 42.5 Å². The van der Waals surface area contributed by atoms with E-state index in [1.165, 1.54) is 16.3 Å². The molecule has 2 aromatic rings. The Hall–Kier alpha value is -1.05. The minimum Gasteiger partial charge on any atom is -0.327 e. The summed E-state index contributed by atoms with van der Waals surface area (Å²) in [6, 6.07) is 15.2. The Bertz CT molecular complexity index is 448. The molecule has 0 saturated carbocycles. The Labute approximate surface area is 103 Å². The largest absolute Gasteiger partial charge is 0.327 e. The summed E-state index contributed by atoms with van der Waals surface area (Å²) >= 11 is 0. The molecule has 0 aliphatic rings. The van der Waals surface area contributed by atoms with Gasteiger partial charge in [-0.1, -0.05) is 49.4 Å². The number of benzene rings is 2. The fourth-order valence-corrected chi connectivity index (χ4v) is 1.90. The summed E-state index contributed by atoms with van der Waals surface area (Å²) in [5, 5.41) is 2.64. The zero-order chi connectivity index (χ0) is 10.7. The second kappa shape index (κ2) is 5.88. The average molecular weight is 236 g/mol. The fourth-order valence-electron chi connectivity index (χ4n) is 1.90. The molecule has 0 aromatic heterocycles. The molecule has 0 aliphatic heterocycles. The molecule has 0 saturated heterocycles. The first-order chi connectivity index (χ1) is 7.31. The summed E-state index contributed by atoms with van der Waals surface area (Å²) in [7, 11) is 0. The van der Waals surface area contributed by atoms with Crippen molar-refractivity contribution < 1.29 is 0 Å². The predicted octanol–water partition coefficient (Wildman–Crippen LogP) is 3.54. The van der Waals surface area contributed by atoms with Crippen LogP contribution in [0.25, 0.3) is 10.8 Å². The van der Waals surface area contributed by atoms with E-state index in [1.807, 2.05) is 0 Å². The van der Waals surface area contributed by atoms with Gasteiger partial charge in [0, 0.05) is 6.04 Å². The van der Waals surface area contributed by atoms with Gasteiger partial charge in [0.05, 0.1) is 0 Å². The zero-order valence-corrected chi connectivity index (χ0v) is 10.3. The van der Waals surface area contributed by atoms with Crippen molar-refractivity contribution in [1.82, 2.24) is 0 Å². The lowest BCUT2D eigenvalue weighted by atomic mass is 9.98. The highest BCUT2D eigenvalue weighted by Gasteiger charge is 2.04. The summed E-state index contributed by atoms with van der Waals surface area (Å²) in [4.78, 5) is 0. The van der Waals surface area contributed by atoms with Gasteiger partial charge in [0.2, 0.25) is 0 Å². The molecule has 0 bridgehead atoms. The molecule has 0 heterocycles. The van der Waals surface area contributed by atoms with Gasteiger partial charge in [0.25, 0.3) is 0 Å². The molecule has 0 radical (unpaired) electrons. The first-order valence-electron chi connectivity index (χ1n) is 5.53. The molecule has 86 valence electrons. The molecule has 1 unspecified atom stereocenters. The van der Waals surface area contributed by atoms with Gasteiger partial charge >= 0.3 is 0 Å². The van der Waals surface area contributed by atoms with E-state index in [0.29, 0.717) is 0 Å². The second-order valence-electron chi connectivity index (χ2n) is 4.01. The molecular weight excluding hydrogens is 218 g/mol. The average Bonchev–Trinajstić information content (AvgIpc) is 2.29. The maximum atomic E-state index is 6.00. The SMILES string of the molecule is CCC(N)Cc1cccc2ccccc12.Cl. The van der Waals surface area contributed by atoms with E-state index >= 15 is 0 Å². The normalized spacial score (nSPS) is 12.1. The lowest BCUT2D eigenvalue weighted by Crippen LogP contribution is -2.21. The Balaban J connectivity index is 0.00000128. The van der Waals surface area contributed by atoms with Crippen molar-refractivity contribution in [1.29, 1.82) is 0 Å². The lowest BCUT2D eigenvalue weighted by Gasteiger charge is -2.11. The molecule has 16 heavy (non-hydrogen) atoms. The number of halogens is 1. The molecule has 0 aliphatic carbocycles. The van der Waals surface area contributed by atoms with Gasteiger partial charge in [0.1, 0.15) is 0 Å².